The summed E-state index contributed by atoms with van der Waals surface area (Å²) in [7, 11) is 1.56. The van der Waals surface area contributed by atoms with Gasteiger partial charge in [-0.15, -0.1) is 0 Å². The molecule has 0 radical (unpaired) electrons. The Labute approximate surface area is 139 Å². The maximum Gasteiger partial charge on any atom is 0.239 e. The van der Waals surface area contributed by atoms with Gasteiger partial charge in [0.2, 0.25) is 5.91 Å². The Morgan fingerprint density at radius 2 is 1.77 bits per heavy atom. The van der Waals surface area contributed by atoms with Crippen LogP contribution in [0.1, 0.15) is 5.56 Å². The molecule has 6 heteroatoms. The highest BCUT2D eigenvalue weighted by Crippen LogP contribution is 2.27. The van der Waals surface area contributed by atoms with Crippen LogP contribution < -0.4 is 15.4 Å². The van der Waals surface area contributed by atoms with Gasteiger partial charge in [-0.25, -0.2) is 0 Å². The summed E-state index contributed by atoms with van der Waals surface area (Å²) >= 11 is 11.7. The second-order valence-electron chi connectivity index (χ2n) is 4.60. The Morgan fingerprint density at radius 3 is 2.45 bits per heavy atom. The predicted octanol–water partition coefficient (Wildman–Crippen LogP) is 3.73. The van der Waals surface area contributed by atoms with Gasteiger partial charge in [0.1, 0.15) is 5.75 Å². The average molecular weight is 339 g/mol. The second-order valence-corrected chi connectivity index (χ2v) is 5.47. The van der Waals surface area contributed by atoms with E-state index in [9.17, 15) is 4.79 Å². The summed E-state index contributed by atoms with van der Waals surface area (Å²) in [6, 6.07) is 12.5. The quantitative estimate of drug-likeness (QED) is 0.843. The molecule has 0 aromatic heterocycles. The van der Waals surface area contributed by atoms with Crippen LogP contribution in [0.3, 0.4) is 0 Å². The van der Waals surface area contributed by atoms with Crippen LogP contribution in [0, 0.1) is 0 Å². The average Bonchev–Trinajstić information content (AvgIpc) is 2.52. The number of methoxy groups -OCH3 is 1. The minimum absolute atomic E-state index is 0.128. The first-order valence-electron chi connectivity index (χ1n) is 6.67. The molecule has 0 saturated carbocycles. The number of carbonyl (C=O) groups excluding carboxylic acids is 1. The van der Waals surface area contributed by atoms with Crippen molar-refractivity contribution in [3.05, 3.63) is 58.1 Å². The van der Waals surface area contributed by atoms with E-state index in [0.717, 1.165) is 5.56 Å². The van der Waals surface area contributed by atoms with Gasteiger partial charge in [0.25, 0.3) is 0 Å². The van der Waals surface area contributed by atoms with E-state index in [-0.39, 0.29) is 12.5 Å². The molecule has 0 unspecified atom stereocenters. The van der Waals surface area contributed by atoms with Gasteiger partial charge in [-0.2, -0.15) is 0 Å². The van der Waals surface area contributed by atoms with Crippen LogP contribution in [-0.2, 0) is 11.3 Å². The Balaban J connectivity index is 1.85. The third-order valence-corrected chi connectivity index (χ3v) is 3.49. The Morgan fingerprint density at radius 1 is 1.09 bits per heavy atom. The molecule has 0 saturated heterocycles. The summed E-state index contributed by atoms with van der Waals surface area (Å²) in [5.41, 5.74) is 1.66. The fourth-order valence-electron chi connectivity index (χ4n) is 1.86. The van der Waals surface area contributed by atoms with Gasteiger partial charge in [0.15, 0.2) is 0 Å². The third kappa shape index (κ3) is 4.83. The molecule has 4 nitrogen and oxygen atoms in total. The van der Waals surface area contributed by atoms with Crippen LogP contribution in [0.4, 0.5) is 5.69 Å². The fraction of sp³-hybridized carbons (Fsp3) is 0.188. The van der Waals surface area contributed by atoms with E-state index in [1.165, 1.54) is 0 Å². The van der Waals surface area contributed by atoms with E-state index >= 15 is 0 Å². The summed E-state index contributed by atoms with van der Waals surface area (Å²) in [6.07, 6.45) is 0. The van der Waals surface area contributed by atoms with Gasteiger partial charge < -0.3 is 15.4 Å². The van der Waals surface area contributed by atoms with Crippen LogP contribution in [0.5, 0.6) is 5.75 Å². The zero-order valence-corrected chi connectivity index (χ0v) is 13.5. The van der Waals surface area contributed by atoms with Crippen LogP contribution in [0.2, 0.25) is 10.0 Å². The van der Waals surface area contributed by atoms with Crippen molar-refractivity contribution in [2.45, 2.75) is 6.54 Å². The highest BCUT2D eigenvalue weighted by Gasteiger charge is 2.06. The number of benzene rings is 2. The lowest BCUT2D eigenvalue weighted by atomic mass is 10.2. The summed E-state index contributed by atoms with van der Waals surface area (Å²) in [5.74, 6) is 0.506. The third-order valence-electron chi connectivity index (χ3n) is 3.00. The van der Waals surface area contributed by atoms with E-state index in [0.29, 0.717) is 28.0 Å². The van der Waals surface area contributed by atoms with Crippen LogP contribution in [0.15, 0.2) is 42.5 Å². The first-order chi connectivity index (χ1) is 10.6. The lowest BCUT2D eigenvalue weighted by Crippen LogP contribution is -2.29. The number of anilines is 1. The normalized spacial score (nSPS) is 10.1. The summed E-state index contributed by atoms with van der Waals surface area (Å²) in [5, 5.41) is 7.08. The molecule has 0 heterocycles. The molecule has 0 aliphatic heterocycles. The number of hydrogen-bond acceptors (Lipinski definition) is 3. The fourth-order valence-corrected chi connectivity index (χ4v) is 2.16. The highest BCUT2D eigenvalue weighted by molar-refractivity contribution is 6.31. The first kappa shape index (κ1) is 16.5. The van der Waals surface area contributed by atoms with Crippen molar-refractivity contribution < 1.29 is 9.53 Å². The van der Waals surface area contributed by atoms with Crippen LogP contribution in [0.25, 0.3) is 0 Å². The van der Waals surface area contributed by atoms with E-state index in [1.54, 1.807) is 37.4 Å². The maximum absolute atomic E-state index is 11.9. The van der Waals surface area contributed by atoms with Gasteiger partial charge in [-0.05, 0) is 35.9 Å². The van der Waals surface area contributed by atoms with E-state index in [4.69, 9.17) is 27.9 Å². The molecular formula is C16H16Cl2N2O2. The molecule has 116 valence electrons. The molecule has 22 heavy (non-hydrogen) atoms. The smallest absolute Gasteiger partial charge is 0.239 e. The molecule has 0 aliphatic carbocycles. The largest absolute Gasteiger partial charge is 0.495 e. The van der Waals surface area contributed by atoms with Crippen molar-refractivity contribution in [1.82, 2.24) is 5.32 Å². The van der Waals surface area contributed by atoms with Crippen LogP contribution in [-0.4, -0.2) is 19.6 Å². The Hall–Kier alpha value is -1.91. The first-order valence-corrected chi connectivity index (χ1v) is 7.42. The minimum Gasteiger partial charge on any atom is -0.495 e. The lowest BCUT2D eigenvalue weighted by molar-refractivity contribution is -0.119. The van der Waals surface area contributed by atoms with Crippen molar-refractivity contribution in [3.8, 4) is 5.75 Å². The molecule has 0 atom stereocenters. The molecule has 2 N–H and O–H groups in total. The molecule has 2 rings (SSSR count). The van der Waals surface area contributed by atoms with Crippen molar-refractivity contribution in [2.75, 3.05) is 19.0 Å². The van der Waals surface area contributed by atoms with Crippen molar-refractivity contribution in [1.29, 1.82) is 0 Å². The number of amides is 1. The zero-order valence-electron chi connectivity index (χ0n) is 12.0. The second kappa shape index (κ2) is 7.92. The van der Waals surface area contributed by atoms with Crippen molar-refractivity contribution in [2.24, 2.45) is 0 Å². The summed E-state index contributed by atoms with van der Waals surface area (Å²) in [6.45, 7) is 0.578. The monoisotopic (exact) mass is 338 g/mol. The van der Waals surface area contributed by atoms with Gasteiger partial charge in [-0.3, -0.25) is 4.79 Å². The van der Waals surface area contributed by atoms with Crippen molar-refractivity contribution >= 4 is 34.8 Å². The summed E-state index contributed by atoms with van der Waals surface area (Å²) in [4.78, 5) is 11.9. The number of ether oxygens (including phenoxy) is 1. The predicted molar refractivity (Wildman–Crippen MR) is 89.8 cm³/mol. The maximum atomic E-state index is 11.9. The van der Waals surface area contributed by atoms with Gasteiger partial charge in [0, 0.05) is 16.6 Å². The molecule has 0 bridgehead atoms. The van der Waals surface area contributed by atoms with E-state index in [2.05, 4.69) is 10.6 Å². The summed E-state index contributed by atoms with van der Waals surface area (Å²) < 4.78 is 5.21. The van der Waals surface area contributed by atoms with Gasteiger partial charge in [-0.1, -0.05) is 35.3 Å². The Bertz CT molecular complexity index is 645. The molecule has 0 spiro atoms. The van der Waals surface area contributed by atoms with E-state index in [1.807, 2.05) is 12.1 Å². The van der Waals surface area contributed by atoms with Gasteiger partial charge >= 0.3 is 0 Å². The molecule has 1 amide bonds. The molecule has 0 aliphatic rings. The topological polar surface area (TPSA) is 50.4 Å². The van der Waals surface area contributed by atoms with Crippen molar-refractivity contribution in [3.63, 3.8) is 0 Å². The lowest BCUT2D eigenvalue weighted by Gasteiger charge is -2.11. The SMILES string of the molecule is COc1ccc(Cl)cc1NCC(=O)NCc1ccc(Cl)cc1. The number of hydrogen-bond donors (Lipinski definition) is 2. The standard InChI is InChI=1S/C16H16Cl2N2O2/c1-22-15-7-6-13(18)8-14(15)19-10-16(21)20-9-11-2-4-12(17)5-3-11/h2-8,19H,9-10H2,1H3,(H,20,21). The van der Waals surface area contributed by atoms with Crippen LogP contribution >= 0.6 is 23.2 Å². The van der Waals surface area contributed by atoms with Gasteiger partial charge in [0.05, 0.1) is 19.3 Å². The minimum atomic E-state index is -0.128. The molecular weight excluding hydrogens is 323 g/mol. The number of nitrogens with one attached hydrogen (secondary N) is 2. The number of rotatable bonds is 6. The number of halogens is 2. The highest BCUT2D eigenvalue weighted by atomic mass is 35.5. The molecule has 0 fully saturated rings. The molecule has 2 aromatic rings. The molecule has 2 aromatic carbocycles. The number of carbonyl (C=O) groups is 1. The van der Waals surface area contributed by atoms with E-state index < -0.39 is 0 Å². The Kier molecular flexibility index (Phi) is 5.92. The zero-order chi connectivity index (χ0) is 15.9.